The average Bonchev–Trinajstić information content (AvgIpc) is 3.20. The van der Waals surface area contributed by atoms with E-state index in [1.165, 1.54) is 10.4 Å². The van der Waals surface area contributed by atoms with Gasteiger partial charge in [0.1, 0.15) is 0 Å². The summed E-state index contributed by atoms with van der Waals surface area (Å²) in [5, 5.41) is 4.95. The molecule has 148 valence electrons. The second-order valence-corrected chi connectivity index (χ2v) is 9.34. The maximum atomic E-state index is 12.9. The smallest absolute Gasteiger partial charge is 0.228 e. The number of hydrogen-bond acceptors (Lipinski definition) is 3. The van der Waals surface area contributed by atoms with Crippen molar-refractivity contribution in [2.75, 3.05) is 20.1 Å². The largest absolute Gasteiger partial charge is 0.359 e. The molecular weight excluding hydrogens is 368 g/mol. The second-order valence-electron chi connectivity index (χ2n) is 8.39. The highest BCUT2D eigenvalue weighted by Gasteiger charge is 2.47. The molecule has 5 heteroatoms. The molecule has 2 fully saturated rings. The number of nitrogens with one attached hydrogen (secondary N) is 1. The first-order chi connectivity index (χ1) is 13.5. The van der Waals surface area contributed by atoms with E-state index in [0.717, 1.165) is 31.4 Å². The van der Waals surface area contributed by atoms with Crippen molar-refractivity contribution >= 4 is 23.2 Å². The van der Waals surface area contributed by atoms with E-state index in [1.54, 1.807) is 18.4 Å². The van der Waals surface area contributed by atoms with Crippen LogP contribution in [0.2, 0.25) is 0 Å². The van der Waals surface area contributed by atoms with Gasteiger partial charge in [-0.15, -0.1) is 11.3 Å². The summed E-state index contributed by atoms with van der Waals surface area (Å²) in [6.07, 6.45) is 3.37. The summed E-state index contributed by atoms with van der Waals surface area (Å²) in [7, 11) is 1.70. The third-order valence-electron chi connectivity index (χ3n) is 6.33. The Balaban J connectivity index is 1.54. The predicted molar refractivity (Wildman–Crippen MR) is 113 cm³/mol. The number of amides is 2. The normalized spacial score (nSPS) is 26.7. The van der Waals surface area contributed by atoms with Crippen LogP contribution in [0.1, 0.15) is 31.7 Å². The summed E-state index contributed by atoms with van der Waals surface area (Å²) >= 11 is 1.73. The van der Waals surface area contributed by atoms with Crippen molar-refractivity contribution in [3.63, 3.8) is 0 Å². The zero-order valence-electron chi connectivity index (χ0n) is 16.6. The van der Waals surface area contributed by atoms with Crippen LogP contribution in [0.4, 0.5) is 0 Å². The van der Waals surface area contributed by atoms with E-state index in [0.29, 0.717) is 18.9 Å². The third-order valence-corrected chi connectivity index (χ3v) is 7.25. The van der Waals surface area contributed by atoms with Crippen molar-refractivity contribution in [3.8, 4) is 10.4 Å². The van der Waals surface area contributed by atoms with Crippen LogP contribution >= 0.6 is 11.3 Å². The Morgan fingerprint density at radius 1 is 1.25 bits per heavy atom. The van der Waals surface area contributed by atoms with Crippen LogP contribution in [0.3, 0.4) is 0 Å². The van der Waals surface area contributed by atoms with Crippen LogP contribution in [0.15, 0.2) is 41.8 Å². The average molecular weight is 397 g/mol. The fourth-order valence-corrected chi connectivity index (χ4v) is 5.25. The van der Waals surface area contributed by atoms with Gasteiger partial charge in [-0.3, -0.25) is 9.59 Å². The Kier molecular flexibility index (Phi) is 5.28. The maximum absolute atomic E-state index is 12.9. The number of hydrogen-bond donors (Lipinski definition) is 1. The van der Waals surface area contributed by atoms with E-state index in [4.69, 9.17) is 0 Å². The summed E-state index contributed by atoms with van der Waals surface area (Å²) in [5.41, 5.74) is 1.82. The Hall–Kier alpha value is -2.14. The zero-order chi connectivity index (χ0) is 19.7. The molecule has 1 saturated heterocycles. The lowest BCUT2D eigenvalue weighted by Crippen LogP contribution is -2.54. The van der Waals surface area contributed by atoms with E-state index in [9.17, 15) is 9.59 Å². The van der Waals surface area contributed by atoms with Gasteiger partial charge in [0, 0.05) is 30.9 Å². The van der Waals surface area contributed by atoms with Crippen molar-refractivity contribution in [2.24, 2.45) is 17.3 Å². The first kappa shape index (κ1) is 19.2. The van der Waals surface area contributed by atoms with Crippen molar-refractivity contribution in [1.82, 2.24) is 10.2 Å². The molecule has 2 aliphatic rings. The molecule has 0 radical (unpaired) electrons. The molecule has 3 atom stereocenters. The summed E-state index contributed by atoms with van der Waals surface area (Å²) in [5.74, 6) is 0.962. The molecule has 1 N–H and O–H groups in total. The number of carbonyl (C=O) groups excluding carboxylic acids is 2. The Labute approximate surface area is 170 Å². The Bertz CT molecular complexity index is 846. The molecule has 4 rings (SSSR count). The van der Waals surface area contributed by atoms with Gasteiger partial charge in [-0.2, -0.15) is 0 Å². The third kappa shape index (κ3) is 3.72. The highest BCUT2D eigenvalue weighted by atomic mass is 32.1. The van der Waals surface area contributed by atoms with Gasteiger partial charge in [0.2, 0.25) is 11.8 Å². The molecule has 0 bridgehead atoms. The summed E-state index contributed by atoms with van der Waals surface area (Å²) in [4.78, 5) is 28.9. The standard InChI is InChI=1S/C23H28N2O2S/c1-16-13-19(16)21(26)25-11-4-10-23(15-25,22(27)24-2)14-17-6-8-18(9-7-17)20-5-3-12-28-20/h3,5-9,12,16,19H,4,10-11,13-15H2,1-2H3,(H,24,27)/t16-,19+,23+/m1/s1. The van der Waals surface area contributed by atoms with Gasteiger partial charge < -0.3 is 10.2 Å². The molecule has 0 unspecified atom stereocenters. The van der Waals surface area contributed by atoms with Crippen molar-refractivity contribution < 1.29 is 9.59 Å². The molecule has 28 heavy (non-hydrogen) atoms. The van der Waals surface area contributed by atoms with Crippen LogP contribution < -0.4 is 5.32 Å². The Morgan fingerprint density at radius 3 is 2.61 bits per heavy atom. The molecular formula is C23H28N2O2S. The van der Waals surface area contributed by atoms with Crippen molar-refractivity contribution in [2.45, 2.75) is 32.6 Å². The van der Waals surface area contributed by atoms with Crippen LogP contribution in [0, 0.1) is 17.3 Å². The van der Waals surface area contributed by atoms with Crippen LogP contribution in [-0.4, -0.2) is 36.9 Å². The van der Waals surface area contributed by atoms with Gasteiger partial charge in [0.15, 0.2) is 0 Å². The summed E-state index contributed by atoms with van der Waals surface area (Å²) < 4.78 is 0. The molecule has 2 aromatic rings. The van der Waals surface area contributed by atoms with Crippen LogP contribution in [0.5, 0.6) is 0 Å². The van der Waals surface area contributed by atoms with Crippen molar-refractivity contribution in [3.05, 3.63) is 47.3 Å². The second kappa shape index (κ2) is 7.70. The predicted octanol–water partition coefficient (Wildman–Crippen LogP) is 3.97. The van der Waals surface area contributed by atoms with Crippen LogP contribution in [0.25, 0.3) is 10.4 Å². The van der Waals surface area contributed by atoms with Gasteiger partial charge in [-0.05, 0) is 54.2 Å². The number of thiophene rings is 1. The lowest BCUT2D eigenvalue weighted by molar-refractivity contribution is -0.142. The number of carbonyl (C=O) groups is 2. The highest BCUT2D eigenvalue weighted by Crippen LogP contribution is 2.42. The number of likely N-dealkylation sites (tertiary alicyclic amines) is 1. The molecule has 1 aliphatic heterocycles. The van der Waals surface area contributed by atoms with Crippen LogP contribution in [-0.2, 0) is 16.0 Å². The minimum absolute atomic E-state index is 0.0520. The first-order valence-corrected chi connectivity index (χ1v) is 11.0. The molecule has 1 saturated carbocycles. The van der Waals surface area contributed by atoms with Crippen molar-refractivity contribution in [1.29, 1.82) is 0 Å². The fraction of sp³-hybridized carbons (Fsp3) is 0.478. The minimum atomic E-state index is -0.536. The summed E-state index contributed by atoms with van der Waals surface area (Å²) in [6, 6.07) is 12.7. The fourth-order valence-electron chi connectivity index (χ4n) is 4.52. The first-order valence-electron chi connectivity index (χ1n) is 10.2. The SMILES string of the molecule is CNC(=O)[C@]1(Cc2ccc(-c3cccs3)cc2)CCCN(C(=O)[C@H]2C[C@H]2C)C1. The lowest BCUT2D eigenvalue weighted by Gasteiger charge is -2.42. The minimum Gasteiger partial charge on any atom is -0.359 e. The van der Waals surface area contributed by atoms with E-state index in [1.807, 2.05) is 4.90 Å². The maximum Gasteiger partial charge on any atom is 0.228 e. The number of nitrogens with zero attached hydrogens (tertiary/aromatic N) is 1. The van der Waals surface area contributed by atoms with E-state index in [2.05, 4.69) is 54.0 Å². The Morgan fingerprint density at radius 2 is 2.00 bits per heavy atom. The van der Waals surface area contributed by atoms with Gasteiger partial charge in [-0.1, -0.05) is 37.3 Å². The molecule has 1 aromatic carbocycles. The van der Waals surface area contributed by atoms with E-state index >= 15 is 0 Å². The molecule has 2 amide bonds. The zero-order valence-corrected chi connectivity index (χ0v) is 17.4. The molecule has 1 aliphatic carbocycles. The van der Waals surface area contributed by atoms with E-state index in [-0.39, 0.29) is 17.7 Å². The number of benzene rings is 1. The topological polar surface area (TPSA) is 49.4 Å². The number of piperidine rings is 1. The molecule has 4 nitrogen and oxygen atoms in total. The molecule has 0 spiro atoms. The highest BCUT2D eigenvalue weighted by molar-refractivity contribution is 7.13. The van der Waals surface area contributed by atoms with Gasteiger partial charge in [0.05, 0.1) is 5.41 Å². The lowest BCUT2D eigenvalue weighted by atomic mass is 9.74. The number of rotatable bonds is 5. The molecule has 2 heterocycles. The quantitative estimate of drug-likeness (QED) is 0.831. The van der Waals surface area contributed by atoms with Gasteiger partial charge in [0.25, 0.3) is 0 Å². The monoisotopic (exact) mass is 396 g/mol. The van der Waals surface area contributed by atoms with Gasteiger partial charge >= 0.3 is 0 Å². The van der Waals surface area contributed by atoms with Gasteiger partial charge in [-0.25, -0.2) is 0 Å². The summed E-state index contributed by atoms with van der Waals surface area (Å²) in [6.45, 7) is 3.44. The van der Waals surface area contributed by atoms with E-state index < -0.39 is 5.41 Å². The molecule has 1 aromatic heterocycles.